The molecule has 6 nitrogen and oxygen atoms in total. The van der Waals surface area contributed by atoms with Gasteiger partial charge in [0.15, 0.2) is 5.78 Å². The molecule has 2 N–H and O–H groups in total. The van der Waals surface area contributed by atoms with E-state index in [1.165, 1.54) is 37.3 Å². The topological polar surface area (TPSA) is 92.7 Å². The van der Waals surface area contributed by atoms with Gasteiger partial charge < -0.3 is 15.2 Å². The van der Waals surface area contributed by atoms with Gasteiger partial charge in [-0.15, -0.1) is 0 Å². The lowest BCUT2D eigenvalue weighted by Gasteiger charge is -2.14. The van der Waals surface area contributed by atoms with Crippen LogP contribution in [0, 0.1) is 0 Å². The first kappa shape index (κ1) is 21.4. The fourth-order valence-corrected chi connectivity index (χ4v) is 2.45. The van der Waals surface area contributed by atoms with Gasteiger partial charge in [-0.05, 0) is 48.9 Å². The number of hydrogen-bond donors (Lipinski definition) is 2. The van der Waals surface area contributed by atoms with Crippen molar-refractivity contribution in [2.75, 3.05) is 11.9 Å². The third-order valence-electron chi connectivity index (χ3n) is 3.99. The molecule has 0 saturated heterocycles. The lowest BCUT2D eigenvalue weighted by atomic mass is 10.1. The Labute approximate surface area is 168 Å². The summed E-state index contributed by atoms with van der Waals surface area (Å²) >= 11 is 0. The average Bonchev–Trinajstić information content (AvgIpc) is 2.71. The average molecular weight is 391 g/mol. The predicted octanol–water partition coefficient (Wildman–Crippen LogP) is 4.52. The number of benzene rings is 2. The van der Waals surface area contributed by atoms with Crippen molar-refractivity contribution in [3.63, 3.8) is 0 Å². The molecule has 0 atom stereocenters. The van der Waals surface area contributed by atoms with Crippen LogP contribution in [0.4, 0.5) is 5.69 Å². The summed E-state index contributed by atoms with van der Waals surface area (Å²) in [5.74, 6) is -1.47. The fraction of sp³-hybridized carbons (Fsp3) is 0.0870. The Kier molecular flexibility index (Phi) is 7.26. The van der Waals surface area contributed by atoms with Crippen LogP contribution in [0.2, 0.25) is 0 Å². The van der Waals surface area contributed by atoms with E-state index in [2.05, 4.69) is 18.5 Å². The highest BCUT2D eigenvalue weighted by atomic mass is 16.5. The number of amides is 1. The SMILES string of the molecule is C=C/C=C(\C=C)COc1ccc(C(C)=O)cc1NC(=O)c1cccc(C(=O)O)c1. The number of ketones is 1. The third-order valence-corrected chi connectivity index (χ3v) is 3.99. The van der Waals surface area contributed by atoms with Gasteiger partial charge >= 0.3 is 5.97 Å². The summed E-state index contributed by atoms with van der Waals surface area (Å²) in [6, 6.07) is 10.4. The number of aromatic carboxylic acids is 1. The van der Waals surface area contributed by atoms with Crippen LogP contribution < -0.4 is 10.1 Å². The molecule has 148 valence electrons. The van der Waals surface area contributed by atoms with Crippen molar-refractivity contribution >= 4 is 23.3 Å². The lowest BCUT2D eigenvalue weighted by Crippen LogP contribution is -2.14. The molecule has 0 aromatic heterocycles. The third kappa shape index (κ3) is 5.77. The van der Waals surface area contributed by atoms with Crippen molar-refractivity contribution in [2.45, 2.75) is 6.92 Å². The van der Waals surface area contributed by atoms with Crippen molar-refractivity contribution in [2.24, 2.45) is 0 Å². The standard InChI is InChI=1S/C23H21NO5/c1-4-7-16(5-2)14-29-21-11-10-17(15(3)25)13-20(21)24-22(26)18-8-6-9-19(12-18)23(27)28/h4-13H,1-2,14H2,3H3,(H,24,26)(H,27,28)/b16-7+. The van der Waals surface area contributed by atoms with Gasteiger partial charge in [-0.25, -0.2) is 4.79 Å². The summed E-state index contributed by atoms with van der Waals surface area (Å²) in [6.07, 6.45) is 4.98. The highest BCUT2D eigenvalue weighted by Gasteiger charge is 2.14. The van der Waals surface area contributed by atoms with Gasteiger partial charge in [-0.1, -0.05) is 37.5 Å². The normalized spacial score (nSPS) is 10.7. The Bertz CT molecular complexity index is 1000. The highest BCUT2D eigenvalue weighted by molar-refractivity contribution is 6.07. The number of hydrogen-bond acceptors (Lipinski definition) is 4. The summed E-state index contributed by atoms with van der Waals surface area (Å²) in [5, 5.41) is 11.8. The van der Waals surface area contributed by atoms with Crippen molar-refractivity contribution in [3.05, 3.63) is 96.1 Å². The zero-order valence-electron chi connectivity index (χ0n) is 16.0. The summed E-state index contributed by atoms with van der Waals surface area (Å²) in [4.78, 5) is 35.5. The van der Waals surface area contributed by atoms with Crippen LogP contribution in [0.15, 0.2) is 79.4 Å². The predicted molar refractivity (Wildman–Crippen MR) is 112 cm³/mol. The van der Waals surface area contributed by atoms with Crippen LogP contribution in [0.5, 0.6) is 5.75 Å². The Morgan fingerprint density at radius 1 is 1.07 bits per heavy atom. The van der Waals surface area contributed by atoms with Crippen LogP contribution in [0.1, 0.15) is 38.0 Å². The second-order valence-electron chi connectivity index (χ2n) is 6.08. The zero-order valence-corrected chi connectivity index (χ0v) is 16.0. The smallest absolute Gasteiger partial charge is 0.335 e. The molecule has 2 aromatic carbocycles. The molecule has 2 aromatic rings. The number of carboxylic acids is 1. The molecule has 0 spiro atoms. The van der Waals surface area contributed by atoms with E-state index < -0.39 is 11.9 Å². The minimum atomic E-state index is -1.13. The van der Waals surface area contributed by atoms with Crippen molar-refractivity contribution in [1.82, 2.24) is 0 Å². The van der Waals surface area contributed by atoms with Gasteiger partial charge in [0.05, 0.1) is 11.3 Å². The van der Waals surface area contributed by atoms with E-state index in [1.807, 2.05) is 0 Å². The lowest BCUT2D eigenvalue weighted by molar-refractivity contribution is 0.0696. The van der Waals surface area contributed by atoms with Gasteiger partial charge in [0, 0.05) is 11.1 Å². The number of ether oxygens (including phenoxy) is 1. The maximum Gasteiger partial charge on any atom is 0.335 e. The molecule has 0 aliphatic carbocycles. The molecule has 6 heteroatoms. The molecule has 0 fully saturated rings. The molecule has 0 saturated carbocycles. The monoisotopic (exact) mass is 391 g/mol. The second-order valence-corrected chi connectivity index (χ2v) is 6.08. The Morgan fingerprint density at radius 2 is 1.79 bits per heavy atom. The molecule has 0 bridgehead atoms. The van der Waals surface area contributed by atoms with E-state index in [4.69, 9.17) is 9.84 Å². The Morgan fingerprint density at radius 3 is 2.41 bits per heavy atom. The first-order valence-electron chi connectivity index (χ1n) is 8.72. The van der Waals surface area contributed by atoms with Crippen LogP contribution in [-0.2, 0) is 0 Å². The van der Waals surface area contributed by atoms with Gasteiger partial charge in [-0.2, -0.15) is 0 Å². The number of rotatable bonds is 9. The van der Waals surface area contributed by atoms with Crippen molar-refractivity contribution < 1.29 is 24.2 Å². The molecule has 2 rings (SSSR count). The van der Waals surface area contributed by atoms with Gasteiger partial charge in [0.25, 0.3) is 5.91 Å². The molecule has 0 heterocycles. The number of carboxylic acid groups (broad SMARTS) is 1. The second kappa shape index (κ2) is 9.85. The zero-order chi connectivity index (χ0) is 21.4. The number of carbonyl (C=O) groups is 3. The molecule has 0 radical (unpaired) electrons. The highest BCUT2D eigenvalue weighted by Crippen LogP contribution is 2.27. The molecule has 0 unspecified atom stereocenters. The number of Topliss-reactive ketones (excluding diaryl/α,β-unsaturated/α-hetero) is 1. The summed E-state index contributed by atoms with van der Waals surface area (Å²) in [5.41, 5.74) is 1.64. The van der Waals surface area contributed by atoms with E-state index in [-0.39, 0.29) is 23.5 Å². The van der Waals surface area contributed by atoms with E-state index in [0.717, 1.165) is 5.57 Å². The van der Waals surface area contributed by atoms with Crippen LogP contribution in [0.25, 0.3) is 0 Å². The maximum absolute atomic E-state index is 12.6. The molecule has 0 aliphatic heterocycles. The maximum atomic E-state index is 12.6. The van der Waals surface area contributed by atoms with Gasteiger partial charge in [0.1, 0.15) is 12.4 Å². The first-order valence-corrected chi connectivity index (χ1v) is 8.72. The van der Waals surface area contributed by atoms with Gasteiger partial charge in [0.2, 0.25) is 0 Å². The van der Waals surface area contributed by atoms with Gasteiger partial charge in [-0.3, -0.25) is 9.59 Å². The van der Waals surface area contributed by atoms with E-state index in [0.29, 0.717) is 17.0 Å². The molecular weight excluding hydrogens is 370 g/mol. The van der Waals surface area contributed by atoms with E-state index in [9.17, 15) is 14.4 Å². The number of anilines is 1. The van der Waals surface area contributed by atoms with Crippen LogP contribution in [-0.4, -0.2) is 29.4 Å². The minimum Gasteiger partial charge on any atom is -0.487 e. The minimum absolute atomic E-state index is 0.00297. The molecule has 29 heavy (non-hydrogen) atoms. The number of nitrogens with one attached hydrogen (secondary N) is 1. The summed E-state index contributed by atoms with van der Waals surface area (Å²) in [7, 11) is 0. The fourth-order valence-electron chi connectivity index (χ4n) is 2.45. The van der Waals surface area contributed by atoms with Crippen molar-refractivity contribution in [3.8, 4) is 5.75 Å². The number of carbonyl (C=O) groups excluding carboxylic acids is 2. The Hall–Kier alpha value is -3.93. The number of allylic oxidation sites excluding steroid dienone is 2. The van der Waals surface area contributed by atoms with Crippen LogP contribution >= 0.6 is 0 Å². The summed E-state index contributed by atoms with van der Waals surface area (Å²) < 4.78 is 5.77. The largest absolute Gasteiger partial charge is 0.487 e. The summed E-state index contributed by atoms with van der Waals surface area (Å²) in [6.45, 7) is 8.94. The van der Waals surface area contributed by atoms with Crippen molar-refractivity contribution in [1.29, 1.82) is 0 Å². The molecular formula is C23H21NO5. The van der Waals surface area contributed by atoms with Crippen LogP contribution in [0.3, 0.4) is 0 Å². The Balaban J connectivity index is 2.33. The first-order chi connectivity index (χ1) is 13.8. The molecule has 0 aliphatic rings. The van der Waals surface area contributed by atoms with E-state index >= 15 is 0 Å². The quantitative estimate of drug-likeness (QED) is 0.484. The molecule has 1 amide bonds. The van der Waals surface area contributed by atoms with E-state index in [1.54, 1.807) is 30.4 Å².